The van der Waals surface area contributed by atoms with Crippen LogP contribution in [-0.4, -0.2) is 37.5 Å². The molecule has 3 atom stereocenters. The Morgan fingerprint density at radius 2 is 2.16 bits per heavy atom. The van der Waals surface area contributed by atoms with Crippen LogP contribution in [0.15, 0.2) is 28.7 Å². The predicted octanol–water partition coefficient (Wildman–Crippen LogP) is 1.50. The number of hydrogen-bond donors (Lipinski definition) is 2. The van der Waals surface area contributed by atoms with E-state index in [0.29, 0.717) is 6.61 Å². The van der Waals surface area contributed by atoms with Crippen LogP contribution in [0.3, 0.4) is 0 Å². The summed E-state index contributed by atoms with van der Waals surface area (Å²) in [6, 6.07) is 7.71. The molecule has 0 spiro atoms. The molecule has 4 heteroatoms. The van der Waals surface area contributed by atoms with Crippen LogP contribution in [0.5, 0.6) is 5.75 Å². The lowest BCUT2D eigenvalue weighted by Crippen LogP contribution is -3.14. The second kappa shape index (κ2) is 7.27. The summed E-state index contributed by atoms with van der Waals surface area (Å²) in [5.41, 5.74) is 0. The molecule has 3 nitrogen and oxygen atoms in total. The van der Waals surface area contributed by atoms with Gasteiger partial charge in [0.25, 0.3) is 0 Å². The van der Waals surface area contributed by atoms with Gasteiger partial charge in [0, 0.05) is 10.4 Å². The van der Waals surface area contributed by atoms with Crippen molar-refractivity contribution in [1.82, 2.24) is 0 Å². The smallest absolute Gasteiger partial charge is 0.137 e. The maximum Gasteiger partial charge on any atom is 0.137 e. The number of aliphatic hydroxyl groups excluding tert-OH is 1. The van der Waals surface area contributed by atoms with E-state index in [0.717, 1.165) is 22.7 Å². The Bertz CT molecular complexity index is 382. The average molecular weight is 329 g/mol. The Kier molecular flexibility index (Phi) is 5.67. The molecule has 1 heterocycles. The molecule has 1 aromatic carbocycles. The number of hydrogen-bond acceptors (Lipinski definition) is 2. The number of rotatable bonds is 5. The molecule has 106 valence electrons. The summed E-state index contributed by atoms with van der Waals surface area (Å²) < 4.78 is 6.64. The minimum absolute atomic E-state index is 0.375. The first-order chi connectivity index (χ1) is 9.13. The number of ether oxygens (including phenoxy) is 1. The number of halogens is 1. The molecule has 0 aliphatic carbocycles. The summed E-state index contributed by atoms with van der Waals surface area (Å²) in [5, 5.41) is 10.0. The molecule has 1 saturated heterocycles. The van der Waals surface area contributed by atoms with E-state index in [1.807, 2.05) is 24.3 Å². The fourth-order valence-corrected chi connectivity index (χ4v) is 2.96. The highest BCUT2D eigenvalue weighted by Crippen LogP contribution is 2.16. The van der Waals surface area contributed by atoms with Crippen LogP contribution >= 0.6 is 15.9 Å². The van der Waals surface area contributed by atoms with Gasteiger partial charge in [-0.25, -0.2) is 0 Å². The first kappa shape index (κ1) is 14.8. The van der Waals surface area contributed by atoms with E-state index in [1.165, 1.54) is 30.8 Å². The minimum atomic E-state index is -0.385. The van der Waals surface area contributed by atoms with Crippen LogP contribution in [0.25, 0.3) is 0 Å². The molecule has 0 bridgehead atoms. The van der Waals surface area contributed by atoms with Crippen molar-refractivity contribution in [2.24, 2.45) is 5.92 Å². The molecule has 1 fully saturated rings. The molecule has 0 aromatic heterocycles. The molecular weight excluding hydrogens is 306 g/mol. The molecule has 0 amide bonds. The minimum Gasteiger partial charge on any atom is -0.491 e. The molecule has 19 heavy (non-hydrogen) atoms. The zero-order valence-electron chi connectivity index (χ0n) is 11.4. The number of benzene rings is 1. The normalized spacial score (nSPS) is 25.0. The van der Waals surface area contributed by atoms with Crippen molar-refractivity contribution >= 4 is 15.9 Å². The van der Waals surface area contributed by atoms with E-state index in [1.54, 1.807) is 0 Å². The van der Waals surface area contributed by atoms with Gasteiger partial charge < -0.3 is 14.7 Å². The maximum absolute atomic E-state index is 10.0. The van der Waals surface area contributed by atoms with E-state index in [2.05, 4.69) is 22.9 Å². The van der Waals surface area contributed by atoms with Crippen molar-refractivity contribution in [1.29, 1.82) is 0 Å². The molecule has 0 radical (unpaired) electrons. The first-order valence-corrected chi connectivity index (χ1v) is 7.83. The van der Waals surface area contributed by atoms with Gasteiger partial charge >= 0.3 is 0 Å². The van der Waals surface area contributed by atoms with Gasteiger partial charge in [-0.1, -0.05) is 22.9 Å². The Labute approximate surface area is 123 Å². The van der Waals surface area contributed by atoms with Gasteiger partial charge in [-0.3, -0.25) is 0 Å². The first-order valence-electron chi connectivity index (χ1n) is 7.03. The Hall–Kier alpha value is -0.580. The molecule has 1 aromatic rings. The largest absolute Gasteiger partial charge is 0.491 e. The quantitative estimate of drug-likeness (QED) is 0.859. The lowest BCUT2D eigenvalue weighted by Gasteiger charge is -2.29. The van der Waals surface area contributed by atoms with E-state index in [-0.39, 0.29) is 6.10 Å². The van der Waals surface area contributed by atoms with E-state index in [9.17, 15) is 5.11 Å². The summed E-state index contributed by atoms with van der Waals surface area (Å²) in [7, 11) is 0. The van der Waals surface area contributed by atoms with Crippen molar-refractivity contribution in [3.63, 3.8) is 0 Å². The monoisotopic (exact) mass is 328 g/mol. The van der Waals surface area contributed by atoms with E-state index >= 15 is 0 Å². The molecule has 1 unspecified atom stereocenters. The van der Waals surface area contributed by atoms with Crippen molar-refractivity contribution in [2.75, 3.05) is 26.2 Å². The van der Waals surface area contributed by atoms with Gasteiger partial charge in [0.1, 0.15) is 25.0 Å². The Morgan fingerprint density at radius 3 is 2.84 bits per heavy atom. The number of aliphatic hydroxyl groups is 1. The third-order valence-corrected chi connectivity index (χ3v) is 4.17. The number of quaternary nitrogens is 1. The predicted molar refractivity (Wildman–Crippen MR) is 79.6 cm³/mol. The number of piperidine rings is 1. The lowest BCUT2D eigenvalue weighted by molar-refractivity contribution is -0.911. The fraction of sp³-hybridized carbons (Fsp3) is 0.600. The summed E-state index contributed by atoms with van der Waals surface area (Å²) in [6.07, 6.45) is 2.22. The van der Waals surface area contributed by atoms with Crippen molar-refractivity contribution in [3.8, 4) is 5.75 Å². The summed E-state index contributed by atoms with van der Waals surface area (Å²) in [6.45, 7) is 5.82. The van der Waals surface area contributed by atoms with Gasteiger partial charge in [0.05, 0.1) is 13.1 Å². The topological polar surface area (TPSA) is 33.9 Å². The van der Waals surface area contributed by atoms with Crippen molar-refractivity contribution < 1.29 is 14.7 Å². The summed E-state index contributed by atoms with van der Waals surface area (Å²) in [4.78, 5) is 1.51. The molecule has 1 aliphatic rings. The van der Waals surface area contributed by atoms with Gasteiger partial charge in [-0.05, 0) is 37.1 Å². The number of likely N-dealkylation sites (tertiary alicyclic amines) is 1. The zero-order valence-corrected chi connectivity index (χ0v) is 13.0. The van der Waals surface area contributed by atoms with Gasteiger partial charge in [-0.15, -0.1) is 0 Å². The van der Waals surface area contributed by atoms with Crippen LogP contribution in [-0.2, 0) is 0 Å². The Morgan fingerprint density at radius 1 is 1.42 bits per heavy atom. The maximum atomic E-state index is 10.0. The van der Waals surface area contributed by atoms with Crippen LogP contribution in [0, 0.1) is 5.92 Å². The van der Waals surface area contributed by atoms with E-state index < -0.39 is 0 Å². The van der Waals surface area contributed by atoms with Gasteiger partial charge in [0.15, 0.2) is 0 Å². The zero-order chi connectivity index (χ0) is 13.7. The highest BCUT2D eigenvalue weighted by molar-refractivity contribution is 9.10. The second-order valence-electron chi connectivity index (χ2n) is 5.57. The fourth-order valence-electron chi connectivity index (χ4n) is 2.70. The summed E-state index contributed by atoms with van der Waals surface area (Å²) >= 11 is 3.39. The molecule has 2 N–H and O–H groups in total. The van der Waals surface area contributed by atoms with Crippen LogP contribution in [0.1, 0.15) is 19.8 Å². The number of nitrogens with one attached hydrogen (secondary N) is 1. The highest BCUT2D eigenvalue weighted by Gasteiger charge is 2.22. The molecule has 1 aliphatic heterocycles. The molecular formula is C15H23BrNO2+. The van der Waals surface area contributed by atoms with Crippen molar-refractivity contribution in [3.05, 3.63) is 28.7 Å². The van der Waals surface area contributed by atoms with E-state index in [4.69, 9.17) is 4.74 Å². The Balaban J connectivity index is 1.72. The highest BCUT2D eigenvalue weighted by atomic mass is 79.9. The molecule has 2 rings (SSSR count). The SMILES string of the molecule is C[C@@H]1CCC[NH+](C[C@H](O)COc2ccc(Br)cc2)C1. The third kappa shape index (κ3) is 5.13. The van der Waals surface area contributed by atoms with Crippen molar-refractivity contribution in [2.45, 2.75) is 25.9 Å². The summed E-state index contributed by atoms with van der Waals surface area (Å²) in [5.74, 6) is 1.59. The standard InChI is InChI=1S/C15H22BrNO2/c1-12-3-2-8-17(9-12)10-14(18)11-19-15-6-4-13(16)5-7-15/h4-7,12,14,18H,2-3,8-11H2,1H3/p+1/t12-,14+/m1/s1. The van der Waals surface area contributed by atoms with Crippen LogP contribution in [0.2, 0.25) is 0 Å². The van der Waals surface area contributed by atoms with Crippen LogP contribution in [0.4, 0.5) is 0 Å². The third-order valence-electron chi connectivity index (χ3n) is 3.64. The van der Waals surface area contributed by atoms with Gasteiger partial charge in [0.2, 0.25) is 0 Å². The van der Waals surface area contributed by atoms with Gasteiger partial charge in [-0.2, -0.15) is 0 Å². The molecule has 0 saturated carbocycles. The average Bonchev–Trinajstić information content (AvgIpc) is 2.38. The second-order valence-corrected chi connectivity index (χ2v) is 6.49. The van der Waals surface area contributed by atoms with Crippen LogP contribution < -0.4 is 9.64 Å². The lowest BCUT2D eigenvalue weighted by atomic mass is 10.0.